The maximum Gasteiger partial charge on any atom is 0.0752 e. The summed E-state index contributed by atoms with van der Waals surface area (Å²) >= 11 is 1.89. The number of aliphatic imine (C=N–C) groups is 2. The highest BCUT2D eigenvalue weighted by Crippen LogP contribution is 2.38. The molecule has 116 valence electrons. The lowest BCUT2D eigenvalue weighted by atomic mass is 9.79. The van der Waals surface area contributed by atoms with Gasteiger partial charge in [-0.05, 0) is 63.0 Å². The quantitative estimate of drug-likeness (QED) is 0.666. The molecule has 0 saturated heterocycles. The van der Waals surface area contributed by atoms with Gasteiger partial charge in [0, 0.05) is 10.9 Å². The first-order valence-electron chi connectivity index (χ1n) is 8.10. The molecular formula is C18H28N2S. The SMILES string of the molecule is CCSC1=CC(=NC(C)CC)C=C2C1=NC(C)(C)CC2C. The third-order valence-electron chi connectivity index (χ3n) is 4.10. The standard InChI is InChI=1S/C18H28N2S/c1-7-13(4)19-14-9-15-12(3)11-18(5,6)20-17(15)16(10-14)21-8-2/h9-10,12-13H,7-8,11H2,1-6H3. The molecule has 2 atom stereocenters. The monoisotopic (exact) mass is 304 g/mol. The van der Waals surface area contributed by atoms with E-state index in [1.807, 2.05) is 11.8 Å². The second-order valence-electron chi connectivity index (χ2n) is 6.73. The molecule has 1 heterocycles. The molecule has 0 saturated carbocycles. The van der Waals surface area contributed by atoms with Gasteiger partial charge in [0.1, 0.15) is 0 Å². The Kier molecular flexibility index (Phi) is 5.13. The summed E-state index contributed by atoms with van der Waals surface area (Å²) in [6.45, 7) is 13.4. The third kappa shape index (κ3) is 3.88. The number of fused-ring (bicyclic) bond motifs is 1. The number of rotatable bonds is 4. The Labute approximate surface area is 133 Å². The molecule has 2 aliphatic rings. The number of hydrogen-bond acceptors (Lipinski definition) is 3. The van der Waals surface area contributed by atoms with Gasteiger partial charge in [0.25, 0.3) is 0 Å². The third-order valence-corrected chi connectivity index (χ3v) is 5.01. The Hall–Kier alpha value is -0.830. The molecule has 0 spiro atoms. The molecule has 2 rings (SSSR count). The molecule has 1 aliphatic carbocycles. The summed E-state index contributed by atoms with van der Waals surface area (Å²) in [5.41, 5.74) is 3.77. The Balaban J connectivity index is 2.46. The first-order valence-corrected chi connectivity index (χ1v) is 9.09. The maximum atomic E-state index is 5.02. The number of allylic oxidation sites excluding steroid dienone is 4. The van der Waals surface area contributed by atoms with E-state index in [0.717, 1.165) is 24.3 Å². The van der Waals surface area contributed by atoms with E-state index >= 15 is 0 Å². The number of hydrogen-bond donors (Lipinski definition) is 0. The lowest BCUT2D eigenvalue weighted by Gasteiger charge is -2.35. The topological polar surface area (TPSA) is 24.7 Å². The van der Waals surface area contributed by atoms with Crippen LogP contribution in [0.1, 0.15) is 54.4 Å². The van der Waals surface area contributed by atoms with Gasteiger partial charge in [-0.1, -0.05) is 20.8 Å². The fourth-order valence-corrected chi connectivity index (χ4v) is 3.82. The summed E-state index contributed by atoms with van der Waals surface area (Å²) < 4.78 is 0. The van der Waals surface area contributed by atoms with Gasteiger partial charge in [-0.25, -0.2) is 0 Å². The molecule has 0 aromatic carbocycles. The molecule has 0 radical (unpaired) electrons. The second-order valence-corrected chi connectivity index (χ2v) is 8.04. The van der Waals surface area contributed by atoms with Gasteiger partial charge >= 0.3 is 0 Å². The first-order chi connectivity index (χ1) is 9.86. The van der Waals surface area contributed by atoms with Crippen molar-refractivity contribution in [1.82, 2.24) is 0 Å². The summed E-state index contributed by atoms with van der Waals surface area (Å²) in [5.74, 6) is 1.62. The lowest BCUT2D eigenvalue weighted by Crippen LogP contribution is -2.33. The molecule has 21 heavy (non-hydrogen) atoms. The van der Waals surface area contributed by atoms with E-state index in [9.17, 15) is 0 Å². The number of nitrogens with zero attached hydrogens (tertiary/aromatic N) is 2. The lowest BCUT2D eigenvalue weighted by molar-refractivity contribution is 0.406. The van der Waals surface area contributed by atoms with Crippen molar-refractivity contribution in [3.63, 3.8) is 0 Å². The van der Waals surface area contributed by atoms with Crippen molar-refractivity contribution >= 4 is 23.2 Å². The summed E-state index contributed by atoms with van der Waals surface area (Å²) in [7, 11) is 0. The normalized spacial score (nSPS) is 27.6. The molecule has 1 aliphatic heterocycles. The van der Waals surface area contributed by atoms with Crippen LogP contribution >= 0.6 is 11.8 Å². The largest absolute Gasteiger partial charge is 0.282 e. The Morgan fingerprint density at radius 3 is 2.71 bits per heavy atom. The number of thioether (sulfide) groups is 1. The van der Waals surface area contributed by atoms with Gasteiger partial charge in [-0.3, -0.25) is 9.98 Å². The molecule has 3 heteroatoms. The van der Waals surface area contributed by atoms with Crippen molar-refractivity contribution in [3.05, 3.63) is 22.6 Å². The van der Waals surface area contributed by atoms with Crippen molar-refractivity contribution in [2.45, 2.75) is 66.0 Å². The van der Waals surface area contributed by atoms with E-state index in [1.165, 1.54) is 16.2 Å². The van der Waals surface area contributed by atoms with Crippen LogP contribution in [0.3, 0.4) is 0 Å². The fourth-order valence-electron chi connectivity index (χ4n) is 3.00. The summed E-state index contributed by atoms with van der Waals surface area (Å²) in [4.78, 5) is 11.2. The van der Waals surface area contributed by atoms with Crippen LogP contribution < -0.4 is 0 Å². The van der Waals surface area contributed by atoms with Crippen LogP contribution in [0.25, 0.3) is 0 Å². The van der Waals surface area contributed by atoms with E-state index in [2.05, 4.69) is 53.7 Å². The van der Waals surface area contributed by atoms with Crippen LogP contribution in [-0.2, 0) is 0 Å². The van der Waals surface area contributed by atoms with Gasteiger partial charge in [-0.2, -0.15) is 0 Å². The Morgan fingerprint density at radius 1 is 1.38 bits per heavy atom. The van der Waals surface area contributed by atoms with E-state index in [4.69, 9.17) is 9.98 Å². The van der Waals surface area contributed by atoms with Crippen LogP contribution in [0.2, 0.25) is 0 Å². The van der Waals surface area contributed by atoms with Crippen molar-refractivity contribution in [2.75, 3.05) is 5.75 Å². The van der Waals surface area contributed by atoms with E-state index in [-0.39, 0.29) is 5.54 Å². The van der Waals surface area contributed by atoms with Crippen molar-refractivity contribution in [3.8, 4) is 0 Å². The summed E-state index contributed by atoms with van der Waals surface area (Å²) in [5, 5.41) is 0. The van der Waals surface area contributed by atoms with Crippen LogP contribution in [0.15, 0.2) is 32.6 Å². The zero-order valence-corrected chi connectivity index (χ0v) is 15.0. The molecule has 0 amide bonds. The molecule has 0 fully saturated rings. The van der Waals surface area contributed by atoms with E-state index < -0.39 is 0 Å². The Bertz CT molecular complexity index is 523. The molecular weight excluding hydrogens is 276 g/mol. The van der Waals surface area contributed by atoms with Crippen molar-refractivity contribution in [2.24, 2.45) is 15.9 Å². The van der Waals surface area contributed by atoms with Gasteiger partial charge in [-0.15, -0.1) is 11.8 Å². The predicted octanol–water partition coefficient (Wildman–Crippen LogP) is 5.06. The predicted molar refractivity (Wildman–Crippen MR) is 96.8 cm³/mol. The highest BCUT2D eigenvalue weighted by molar-refractivity contribution is 8.04. The minimum absolute atomic E-state index is 0.0465. The highest BCUT2D eigenvalue weighted by Gasteiger charge is 2.33. The zero-order chi connectivity index (χ0) is 15.6. The summed E-state index contributed by atoms with van der Waals surface area (Å²) in [6, 6.07) is 0.384. The molecule has 0 aromatic rings. The van der Waals surface area contributed by atoms with Crippen LogP contribution in [-0.4, -0.2) is 28.8 Å². The van der Waals surface area contributed by atoms with Gasteiger partial charge in [0.15, 0.2) is 0 Å². The van der Waals surface area contributed by atoms with Crippen LogP contribution in [0.4, 0.5) is 0 Å². The fraction of sp³-hybridized carbons (Fsp3) is 0.667. The van der Waals surface area contributed by atoms with Crippen LogP contribution in [0.5, 0.6) is 0 Å². The zero-order valence-electron chi connectivity index (χ0n) is 14.2. The smallest absolute Gasteiger partial charge is 0.0752 e. The molecule has 0 bridgehead atoms. The molecule has 2 unspecified atom stereocenters. The maximum absolute atomic E-state index is 5.02. The molecule has 0 N–H and O–H groups in total. The minimum atomic E-state index is 0.0465. The minimum Gasteiger partial charge on any atom is -0.282 e. The van der Waals surface area contributed by atoms with E-state index in [1.54, 1.807) is 0 Å². The van der Waals surface area contributed by atoms with Gasteiger partial charge < -0.3 is 0 Å². The molecule has 0 aromatic heterocycles. The summed E-state index contributed by atoms with van der Waals surface area (Å²) in [6.07, 6.45) is 6.70. The average Bonchev–Trinajstić information content (AvgIpc) is 2.39. The van der Waals surface area contributed by atoms with Gasteiger partial charge in [0.05, 0.1) is 17.0 Å². The first kappa shape index (κ1) is 16.5. The second kappa shape index (κ2) is 6.51. The average molecular weight is 305 g/mol. The van der Waals surface area contributed by atoms with E-state index in [0.29, 0.717) is 12.0 Å². The van der Waals surface area contributed by atoms with Crippen molar-refractivity contribution < 1.29 is 0 Å². The van der Waals surface area contributed by atoms with Gasteiger partial charge in [0.2, 0.25) is 0 Å². The van der Waals surface area contributed by atoms with Crippen molar-refractivity contribution in [1.29, 1.82) is 0 Å². The highest BCUT2D eigenvalue weighted by atomic mass is 32.2. The Morgan fingerprint density at radius 2 is 2.10 bits per heavy atom. The molecule has 2 nitrogen and oxygen atoms in total. The van der Waals surface area contributed by atoms with Crippen LogP contribution in [0, 0.1) is 5.92 Å².